The fourth-order valence-electron chi connectivity index (χ4n) is 5.44. The van der Waals surface area contributed by atoms with E-state index >= 15 is 0 Å². The van der Waals surface area contributed by atoms with Crippen LogP contribution in [0.15, 0.2) is 24.3 Å². The van der Waals surface area contributed by atoms with E-state index in [1.165, 1.54) is 116 Å². The Morgan fingerprint density at radius 1 is 0.400 bits per heavy atom. The van der Waals surface area contributed by atoms with Gasteiger partial charge in [-0.1, -0.05) is 102 Å². The molecular weight excluding hydrogens is 568 g/mol. The largest absolute Gasteiger partial charge is 0.356 e. The predicted molar refractivity (Wildman–Crippen MR) is 187 cm³/mol. The van der Waals surface area contributed by atoms with Gasteiger partial charge in [-0.2, -0.15) is 0 Å². The molecule has 0 radical (unpaired) electrons. The van der Waals surface area contributed by atoms with Crippen LogP contribution in [0.3, 0.4) is 0 Å². The van der Waals surface area contributed by atoms with Gasteiger partial charge in [-0.05, 0) is 77.4 Å². The molecule has 0 saturated heterocycles. The quantitative estimate of drug-likeness (QED) is 0.0383. The zero-order chi connectivity index (χ0) is 33.1. The number of rotatable bonds is 36. The topological polar surface area (TPSA) is 64.6 Å². The molecule has 0 aromatic heterocycles. The smallest absolute Gasteiger partial charge is 0.180 e. The summed E-state index contributed by atoms with van der Waals surface area (Å²) in [6.45, 7) is 5.23. The van der Waals surface area contributed by atoms with E-state index in [-0.39, 0.29) is 25.2 Å². The van der Waals surface area contributed by atoms with Gasteiger partial charge in [0.05, 0.1) is 0 Å². The molecule has 0 saturated carbocycles. The molecule has 7 nitrogen and oxygen atoms in total. The van der Waals surface area contributed by atoms with Crippen molar-refractivity contribution in [2.45, 2.75) is 180 Å². The summed E-state index contributed by atoms with van der Waals surface area (Å²) >= 11 is 0. The Morgan fingerprint density at radius 3 is 0.978 bits per heavy atom. The minimum absolute atomic E-state index is 0.0405. The SMILES string of the molecule is CCOC(C=CCCCCCCCCCCCC(OC)OC)OC(C=CCCCCCCCCCCCC(OC)OC)OCC. The van der Waals surface area contributed by atoms with Crippen molar-refractivity contribution in [3.63, 3.8) is 0 Å². The van der Waals surface area contributed by atoms with E-state index in [1.807, 2.05) is 13.8 Å². The van der Waals surface area contributed by atoms with Crippen molar-refractivity contribution in [3.05, 3.63) is 24.3 Å². The first kappa shape index (κ1) is 44.2. The van der Waals surface area contributed by atoms with Gasteiger partial charge in [-0.15, -0.1) is 0 Å². The molecule has 0 aliphatic carbocycles. The minimum atomic E-state index is -0.374. The van der Waals surface area contributed by atoms with Gasteiger partial charge in [0.1, 0.15) is 0 Å². The number of allylic oxidation sites excluding steroid dienone is 2. The van der Waals surface area contributed by atoms with Crippen molar-refractivity contribution in [1.29, 1.82) is 0 Å². The number of unbranched alkanes of at least 4 members (excludes halogenated alkanes) is 18. The molecule has 0 bridgehead atoms. The molecule has 0 amide bonds. The molecule has 268 valence electrons. The fourth-order valence-corrected chi connectivity index (χ4v) is 5.44. The molecule has 0 aliphatic rings. The van der Waals surface area contributed by atoms with Crippen molar-refractivity contribution in [2.75, 3.05) is 41.7 Å². The third-order valence-corrected chi connectivity index (χ3v) is 8.19. The number of hydrogen-bond donors (Lipinski definition) is 0. The van der Waals surface area contributed by atoms with Crippen LogP contribution in [0.5, 0.6) is 0 Å². The highest BCUT2D eigenvalue weighted by atomic mass is 16.8. The number of hydrogen-bond acceptors (Lipinski definition) is 7. The number of methoxy groups -OCH3 is 4. The highest BCUT2D eigenvalue weighted by molar-refractivity contribution is 4.89. The molecular formula is C38H74O7. The molecule has 0 spiro atoms. The average Bonchev–Trinajstić information content (AvgIpc) is 3.05. The third-order valence-electron chi connectivity index (χ3n) is 8.19. The van der Waals surface area contributed by atoms with Gasteiger partial charge in [0, 0.05) is 41.7 Å². The summed E-state index contributed by atoms with van der Waals surface area (Å²) in [5, 5.41) is 0. The second-order valence-electron chi connectivity index (χ2n) is 12.0. The van der Waals surface area contributed by atoms with E-state index < -0.39 is 0 Å². The van der Waals surface area contributed by atoms with Gasteiger partial charge in [-0.25, -0.2) is 0 Å². The molecule has 2 atom stereocenters. The summed E-state index contributed by atoms with van der Waals surface area (Å²) in [6, 6.07) is 0. The van der Waals surface area contributed by atoms with E-state index in [0.717, 1.165) is 25.7 Å². The monoisotopic (exact) mass is 643 g/mol. The average molecular weight is 643 g/mol. The Hall–Kier alpha value is -0.800. The van der Waals surface area contributed by atoms with Crippen LogP contribution in [0.25, 0.3) is 0 Å². The van der Waals surface area contributed by atoms with Crippen LogP contribution >= 0.6 is 0 Å². The summed E-state index contributed by atoms with van der Waals surface area (Å²) < 4.78 is 38.8. The molecule has 0 aromatic rings. The van der Waals surface area contributed by atoms with E-state index in [1.54, 1.807) is 28.4 Å². The molecule has 0 rings (SSSR count). The molecule has 0 heterocycles. The van der Waals surface area contributed by atoms with E-state index in [9.17, 15) is 0 Å². The molecule has 2 unspecified atom stereocenters. The van der Waals surface area contributed by atoms with Gasteiger partial charge >= 0.3 is 0 Å². The first-order valence-electron chi connectivity index (χ1n) is 18.5. The molecule has 45 heavy (non-hydrogen) atoms. The van der Waals surface area contributed by atoms with Gasteiger partial charge in [0.15, 0.2) is 25.2 Å². The first-order valence-corrected chi connectivity index (χ1v) is 18.5. The summed E-state index contributed by atoms with van der Waals surface area (Å²) in [6.07, 6.45) is 35.0. The molecule has 7 heteroatoms. The van der Waals surface area contributed by atoms with Crippen molar-refractivity contribution in [3.8, 4) is 0 Å². The van der Waals surface area contributed by atoms with Crippen LogP contribution in [0.2, 0.25) is 0 Å². The van der Waals surface area contributed by atoms with Crippen molar-refractivity contribution in [2.24, 2.45) is 0 Å². The third kappa shape index (κ3) is 30.3. The Labute approximate surface area is 279 Å². The highest BCUT2D eigenvalue weighted by Crippen LogP contribution is 2.15. The summed E-state index contributed by atoms with van der Waals surface area (Å²) in [4.78, 5) is 0. The van der Waals surface area contributed by atoms with Gasteiger partial charge in [-0.3, -0.25) is 0 Å². The molecule has 0 aromatic carbocycles. The summed E-state index contributed by atoms with van der Waals surface area (Å²) in [5.41, 5.74) is 0. The van der Waals surface area contributed by atoms with E-state index in [4.69, 9.17) is 33.2 Å². The second-order valence-corrected chi connectivity index (χ2v) is 12.0. The molecule has 0 fully saturated rings. The van der Waals surface area contributed by atoms with Crippen molar-refractivity contribution < 1.29 is 33.2 Å². The Bertz CT molecular complexity index is 567. The summed E-state index contributed by atoms with van der Waals surface area (Å²) in [7, 11) is 6.85. The van der Waals surface area contributed by atoms with Crippen molar-refractivity contribution in [1.82, 2.24) is 0 Å². The Morgan fingerprint density at radius 2 is 0.689 bits per heavy atom. The van der Waals surface area contributed by atoms with Crippen LogP contribution in [-0.4, -0.2) is 66.8 Å². The maximum Gasteiger partial charge on any atom is 0.180 e. The van der Waals surface area contributed by atoms with Crippen molar-refractivity contribution >= 4 is 0 Å². The summed E-state index contributed by atoms with van der Waals surface area (Å²) in [5.74, 6) is 0. The maximum atomic E-state index is 6.14. The zero-order valence-corrected chi connectivity index (χ0v) is 30.4. The zero-order valence-electron chi connectivity index (χ0n) is 30.4. The second kappa shape index (κ2) is 36.0. The fraction of sp³-hybridized carbons (Fsp3) is 0.895. The first-order chi connectivity index (χ1) is 22.1. The van der Waals surface area contributed by atoms with Crippen LogP contribution in [0, 0.1) is 0 Å². The normalized spacial score (nSPS) is 13.7. The predicted octanol–water partition coefficient (Wildman–Crippen LogP) is 10.7. The van der Waals surface area contributed by atoms with Crippen LogP contribution in [0.4, 0.5) is 0 Å². The lowest BCUT2D eigenvalue weighted by Gasteiger charge is -2.20. The van der Waals surface area contributed by atoms with Crippen LogP contribution in [-0.2, 0) is 33.2 Å². The lowest BCUT2D eigenvalue weighted by molar-refractivity contribution is -0.204. The van der Waals surface area contributed by atoms with Crippen LogP contribution < -0.4 is 0 Å². The lowest BCUT2D eigenvalue weighted by atomic mass is 10.1. The van der Waals surface area contributed by atoms with E-state index in [2.05, 4.69) is 24.3 Å². The lowest BCUT2D eigenvalue weighted by Crippen LogP contribution is -2.24. The van der Waals surface area contributed by atoms with Gasteiger partial charge in [0.25, 0.3) is 0 Å². The van der Waals surface area contributed by atoms with Gasteiger partial charge < -0.3 is 33.2 Å². The number of ether oxygens (including phenoxy) is 7. The van der Waals surface area contributed by atoms with Gasteiger partial charge in [0.2, 0.25) is 0 Å². The Balaban J connectivity index is 3.93. The maximum absolute atomic E-state index is 6.14. The standard InChI is InChI=1S/C38H74O7/c1-7-43-37(33-29-25-21-17-13-9-11-15-19-23-27-31-35(39-3)40-4)45-38(44-8-2)34-30-26-22-18-14-10-12-16-20-24-28-32-36(41-5)42-6/h29-30,33-38H,7-28,31-32H2,1-6H3. The Kier molecular flexibility index (Phi) is 35.4. The molecule has 0 aliphatic heterocycles. The highest BCUT2D eigenvalue weighted by Gasteiger charge is 2.12. The molecule has 0 N–H and O–H groups in total. The van der Waals surface area contributed by atoms with E-state index in [0.29, 0.717) is 13.2 Å². The minimum Gasteiger partial charge on any atom is -0.356 e. The van der Waals surface area contributed by atoms with Crippen LogP contribution in [0.1, 0.15) is 155 Å².